The summed E-state index contributed by atoms with van der Waals surface area (Å²) in [5.74, 6) is 0. The van der Waals surface area contributed by atoms with Crippen LogP contribution in [0.3, 0.4) is 0 Å². The van der Waals surface area contributed by atoms with Crippen LogP contribution in [0.1, 0.15) is 26.2 Å². The average Bonchev–Trinajstić information content (AvgIpc) is 2.41. The van der Waals surface area contributed by atoms with Gasteiger partial charge in [0, 0.05) is 34.9 Å². The van der Waals surface area contributed by atoms with E-state index in [0.717, 1.165) is 36.0 Å². The van der Waals surface area contributed by atoms with Gasteiger partial charge in [0.25, 0.3) is 5.69 Å². The molecule has 104 valence electrons. The lowest BCUT2D eigenvalue weighted by Crippen LogP contribution is -2.33. The van der Waals surface area contributed by atoms with Crippen molar-refractivity contribution in [3.63, 3.8) is 0 Å². The van der Waals surface area contributed by atoms with Gasteiger partial charge in [-0.05, 0) is 41.3 Å². The van der Waals surface area contributed by atoms with Crippen molar-refractivity contribution in [1.29, 1.82) is 0 Å². The largest absolute Gasteiger partial charge is 0.381 e. The molecule has 1 N–H and O–H groups in total. The highest BCUT2D eigenvalue weighted by Gasteiger charge is 2.22. The molecule has 1 heterocycles. The number of hydrogen-bond donors (Lipinski definition) is 1. The van der Waals surface area contributed by atoms with Gasteiger partial charge in [0.1, 0.15) is 0 Å². The molecule has 0 saturated carbocycles. The summed E-state index contributed by atoms with van der Waals surface area (Å²) in [6.45, 7) is 2.88. The van der Waals surface area contributed by atoms with E-state index in [2.05, 4.69) is 28.2 Å². The van der Waals surface area contributed by atoms with Crippen molar-refractivity contribution >= 4 is 27.3 Å². The number of halogens is 1. The van der Waals surface area contributed by atoms with Gasteiger partial charge < -0.3 is 10.1 Å². The second kappa shape index (κ2) is 6.34. The molecule has 2 rings (SSSR count). The van der Waals surface area contributed by atoms with Crippen molar-refractivity contribution < 1.29 is 9.66 Å². The molecule has 19 heavy (non-hydrogen) atoms. The van der Waals surface area contributed by atoms with Gasteiger partial charge in [0.05, 0.1) is 11.0 Å². The Bertz CT molecular complexity index is 467. The zero-order chi connectivity index (χ0) is 13.8. The smallest absolute Gasteiger partial charge is 0.270 e. The van der Waals surface area contributed by atoms with Crippen LogP contribution in [-0.2, 0) is 4.74 Å². The van der Waals surface area contributed by atoms with E-state index in [9.17, 15) is 10.1 Å². The van der Waals surface area contributed by atoms with E-state index in [0.29, 0.717) is 12.1 Å². The van der Waals surface area contributed by atoms with Crippen molar-refractivity contribution in [3.05, 3.63) is 32.8 Å². The normalized spacial score (nSPS) is 23.1. The zero-order valence-corrected chi connectivity index (χ0v) is 12.4. The zero-order valence-electron chi connectivity index (χ0n) is 10.8. The summed E-state index contributed by atoms with van der Waals surface area (Å²) in [7, 11) is 0. The van der Waals surface area contributed by atoms with Gasteiger partial charge >= 0.3 is 0 Å². The molecule has 1 saturated heterocycles. The third-order valence-corrected chi connectivity index (χ3v) is 4.00. The van der Waals surface area contributed by atoms with Gasteiger partial charge in [-0.25, -0.2) is 0 Å². The Hall–Kier alpha value is -1.14. The maximum absolute atomic E-state index is 10.7. The van der Waals surface area contributed by atoms with Crippen LogP contribution in [0.15, 0.2) is 22.7 Å². The first-order valence-electron chi connectivity index (χ1n) is 6.42. The Morgan fingerprint density at radius 1 is 1.58 bits per heavy atom. The molecule has 2 unspecified atom stereocenters. The Balaban J connectivity index is 2.04. The number of nitro groups is 1. The molecule has 1 aromatic rings. The molecular formula is C13H17BrN2O3. The van der Waals surface area contributed by atoms with Crippen LogP contribution in [-0.4, -0.2) is 23.7 Å². The monoisotopic (exact) mass is 328 g/mol. The highest BCUT2D eigenvalue weighted by atomic mass is 79.9. The molecule has 0 spiro atoms. The number of hydrogen-bond acceptors (Lipinski definition) is 4. The number of ether oxygens (including phenoxy) is 1. The third kappa shape index (κ3) is 3.67. The first-order chi connectivity index (χ1) is 9.10. The van der Waals surface area contributed by atoms with Gasteiger partial charge in [-0.2, -0.15) is 0 Å². The van der Waals surface area contributed by atoms with Crippen LogP contribution in [0.5, 0.6) is 0 Å². The topological polar surface area (TPSA) is 64.4 Å². The lowest BCUT2D eigenvalue weighted by molar-refractivity contribution is -0.384. The second-order valence-corrected chi connectivity index (χ2v) is 5.54. The highest BCUT2D eigenvalue weighted by Crippen LogP contribution is 2.29. The number of benzene rings is 1. The molecule has 0 amide bonds. The lowest BCUT2D eigenvalue weighted by atomic mass is 10.0. The number of nitrogens with one attached hydrogen (secondary N) is 1. The fourth-order valence-corrected chi connectivity index (χ4v) is 2.73. The molecule has 6 heteroatoms. The van der Waals surface area contributed by atoms with E-state index < -0.39 is 4.92 Å². The van der Waals surface area contributed by atoms with Gasteiger partial charge in [-0.1, -0.05) is 6.92 Å². The van der Waals surface area contributed by atoms with Crippen molar-refractivity contribution in [2.24, 2.45) is 0 Å². The molecule has 1 fully saturated rings. The third-order valence-electron chi connectivity index (χ3n) is 3.35. The average molecular weight is 329 g/mol. The standard InChI is InChI=1S/C13H17BrN2O3/c1-2-11-7-9(5-6-19-11)15-13-4-3-10(16(17)18)8-12(13)14/h3-4,8-9,11,15H,2,5-7H2,1H3. The number of anilines is 1. The summed E-state index contributed by atoms with van der Waals surface area (Å²) in [6.07, 6.45) is 3.25. The first kappa shape index (κ1) is 14.3. The van der Waals surface area contributed by atoms with Crippen LogP contribution in [0.4, 0.5) is 11.4 Å². The fraction of sp³-hybridized carbons (Fsp3) is 0.538. The molecule has 0 aliphatic carbocycles. The van der Waals surface area contributed by atoms with Gasteiger partial charge in [-0.3, -0.25) is 10.1 Å². The summed E-state index contributed by atoms with van der Waals surface area (Å²) in [4.78, 5) is 10.3. The van der Waals surface area contributed by atoms with E-state index in [1.54, 1.807) is 6.07 Å². The van der Waals surface area contributed by atoms with Crippen LogP contribution in [0.2, 0.25) is 0 Å². The predicted octanol–water partition coefficient (Wildman–Crippen LogP) is 3.73. The van der Waals surface area contributed by atoms with Crippen molar-refractivity contribution in [3.8, 4) is 0 Å². The summed E-state index contributed by atoms with van der Waals surface area (Å²) in [5.41, 5.74) is 0.989. The van der Waals surface area contributed by atoms with E-state index in [1.807, 2.05) is 0 Å². The molecule has 0 aromatic heterocycles. The van der Waals surface area contributed by atoms with E-state index in [-0.39, 0.29) is 5.69 Å². The minimum absolute atomic E-state index is 0.0934. The summed E-state index contributed by atoms with van der Waals surface area (Å²) >= 11 is 3.38. The van der Waals surface area contributed by atoms with Crippen LogP contribution >= 0.6 is 15.9 Å². The molecule has 1 aliphatic heterocycles. The number of rotatable bonds is 4. The van der Waals surface area contributed by atoms with E-state index in [4.69, 9.17) is 4.74 Å². The van der Waals surface area contributed by atoms with Crippen molar-refractivity contribution in [1.82, 2.24) is 0 Å². The molecule has 5 nitrogen and oxygen atoms in total. The van der Waals surface area contributed by atoms with Gasteiger partial charge in [0.15, 0.2) is 0 Å². The Kier molecular flexibility index (Phi) is 4.76. The highest BCUT2D eigenvalue weighted by molar-refractivity contribution is 9.10. The fourth-order valence-electron chi connectivity index (χ4n) is 2.25. The molecule has 2 atom stereocenters. The van der Waals surface area contributed by atoms with Crippen LogP contribution in [0.25, 0.3) is 0 Å². The number of nitro benzene ring substituents is 1. The molecule has 1 aromatic carbocycles. The van der Waals surface area contributed by atoms with Gasteiger partial charge in [-0.15, -0.1) is 0 Å². The SMILES string of the molecule is CCC1CC(Nc2ccc([N+](=O)[O-])cc2Br)CCO1. The molecule has 1 aliphatic rings. The minimum atomic E-state index is -0.393. The Morgan fingerprint density at radius 3 is 3.00 bits per heavy atom. The molecule has 0 radical (unpaired) electrons. The van der Waals surface area contributed by atoms with Gasteiger partial charge in [0.2, 0.25) is 0 Å². The summed E-state index contributed by atoms with van der Waals surface area (Å²) in [5, 5.41) is 14.1. The Morgan fingerprint density at radius 2 is 2.37 bits per heavy atom. The lowest BCUT2D eigenvalue weighted by Gasteiger charge is -2.30. The number of nitrogens with zero attached hydrogens (tertiary/aromatic N) is 1. The minimum Gasteiger partial charge on any atom is -0.381 e. The second-order valence-electron chi connectivity index (χ2n) is 4.69. The van der Waals surface area contributed by atoms with E-state index >= 15 is 0 Å². The first-order valence-corrected chi connectivity index (χ1v) is 7.21. The quantitative estimate of drug-likeness (QED) is 0.675. The molecular weight excluding hydrogens is 312 g/mol. The summed E-state index contributed by atoms with van der Waals surface area (Å²) < 4.78 is 6.36. The molecule has 0 bridgehead atoms. The Labute approximate surface area is 120 Å². The van der Waals surface area contributed by atoms with Crippen LogP contribution in [0, 0.1) is 10.1 Å². The maximum Gasteiger partial charge on any atom is 0.270 e. The number of non-ortho nitro benzene ring substituents is 1. The van der Waals surface area contributed by atoms with Crippen molar-refractivity contribution in [2.75, 3.05) is 11.9 Å². The maximum atomic E-state index is 10.7. The van der Waals surface area contributed by atoms with Crippen molar-refractivity contribution in [2.45, 2.75) is 38.3 Å². The van der Waals surface area contributed by atoms with E-state index in [1.165, 1.54) is 12.1 Å². The predicted molar refractivity (Wildman–Crippen MR) is 77.5 cm³/mol. The summed E-state index contributed by atoms with van der Waals surface area (Å²) in [6, 6.07) is 5.15. The van der Waals surface area contributed by atoms with Crippen LogP contribution < -0.4 is 5.32 Å².